The maximum atomic E-state index is 13.3. The van der Waals surface area contributed by atoms with Crippen LogP contribution in [-0.2, 0) is 10.0 Å². The fraction of sp³-hybridized carbons (Fsp3) is 0.179. The van der Waals surface area contributed by atoms with Crippen LogP contribution < -0.4 is 18.9 Å². The zero-order chi connectivity index (χ0) is 27.4. The minimum Gasteiger partial charge on any atom is -0.497 e. The van der Waals surface area contributed by atoms with Crippen LogP contribution in [0.3, 0.4) is 0 Å². The number of hydrogen-bond donors (Lipinski definition) is 1. The van der Waals surface area contributed by atoms with E-state index >= 15 is 0 Å². The Kier molecular flexibility index (Phi) is 7.63. The van der Waals surface area contributed by atoms with E-state index < -0.39 is 15.9 Å². The van der Waals surface area contributed by atoms with Crippen molar-refractivity contribution in [2.45, 2.75) is 25.8 Å². The minimum absolute atomic E-state index is 0.0730. The van der Waals surface area contributed by atoms with E-state index in [4.69, 9.17) is 14.2 Å². The highest BCUT2D eigenvalue weighted by atomic mass is 32.2. The Balaban J connectivity index is 1.83. The molecule has 1 amide bonds. The first-order valence-electron chi connectivity index (χ1n) is 11.6. The van der Waals surface area contributed by atoms with Gasteiger partial charge >= 0.3 is 0 Å². The van der Waals surface area contributed by atoms with Gasteiger partial charge < -0.3 is 14.2 Å². The molecule has 0 aliphatic heterocycles. The zero-order valence-corrected chi connectivity index (χ0v) is 22.4. The molecule has 4 rings (SSSR count). The predicted octanol–water partition coefficient (Wildman–Crippen LogP) is 5.00. The Morgan fingerprint density at radius 1 is 0.895 bits per heavy atom. The number of aromatic nitrogens is 2. The molecule has 0 radical (unpaired) electrons. The van der Waals surface area contributed by atoms with Crippen molar-refractivity contribution in [2.24, 2.45) is 0 Å². The second kappa shape index (κ2) is 10.9. The minimum atomic E-state index is -4.23. The average molecular weight is 534 g/mol. The number of benzene rings is 2. The van der Waals surface area contributed by atoms with Crippen LogP contribution in [0.5, 0.6) is 23.1 Å². The van der Waals surface area contributed by atoms with Gasteiger partial charge in [0.15, 0.2) is 5.03 Å². The first-order chi connectivity index (χ1) is 18.1. The Bertz CT molecular complexity index is 1580. The highest BCUT2D eigenvalue weighted by Gasteiger charge is 2.25. The first kappa shape index (κ1) is 26.6. The number of ether oxygens (including phenoxy) is 3. The van der Waals surface area contributed by atoms with Crippen LogP contribution in [0.4, 0.5) is 0 Å². The summed E-state index contributed by atoms with van der Waals surface area (Å²) in [5, 5.41) is -0.285. The third-order valence-corrected chi connectivity index (χ3v) is 6.98. The molecule has 1 N–H and O–H groups in total. The summed E-state index contributed by atoms with van der Waals surface area (Å²) in [6, 6.07) is 16.6. The van der Waals surface area contributed by atoms with Crippen molar-refractivity contribution < 1.29 is 27.4 Å². The summed E-state index contributed by atoms with van der Waals surface area (Å²) in [4.78, 5) is 21.7. The summed E-state index contributed by atoms with van der Waals surface area (Å²) >= 11 is 0. The first-order valence-corrected chi connectivity index (χ1v) is 13.1. The summed E-state index contributed by atoms with van der Waals surface area (Å²) in [6.45, 7) is 5.74. The normalized spacial score (nSPS) is 11.1. The van der Waals surface area contributed by atoms with Gasteiger partial charge in [-0.15, -0.1) is 0 Å². The van der Waals surface area contributed by atoms with Gasteiger partial charge in [0.05, 0.1) is 19.9 Å². The summed E-state index contributed by atoms with van der Waals surface area (Å²) in [7, 11) is -1.15. The maximum Gasteiger partial charge on any atom is 0.281 e. The third kappa shape index (κ3) is 5.60. The van der Waals surface area contributed by atoms with E-state index in [-0.39, 0.29) is 16.5 Å². The standard InChI is InChI=1S/C28H27N3O6S/c1-17-14-18(2)26(19(3)15-17)37-28-21(27(32)31-38(33,34)25-8-6-7-13-29-25)10-11-23(30-28)22-16-20(35-4)9-12-24(22)36-5/h6-16H,1-5H3,(H,31,32). The molecule has 0 aliphatic rings. The van der Waals surface area contributed by atoms with E-state index in [9.17, 15) is 13.2 Å². The lowest BCUT2D eigenvalue weighted by molar-refractivity contribution is 0.0978. The molecule has 0 atom stereocenters. The number of carbonyl (C=O) groups excluding carboxylic acids is 1. The van der Waals surface area contributed by atoms with Crippen LogP contribution in [0.1, 0.15) is 27.0 Å². The molecule has 0 unspecified atom stereocenters. The predicted molar refractivity (Wildman–Crippen MR) is 142 cm³/mol. The molecule has 9 nitrogen and oxygen atoms in total. The van der Waals surface area contributed by atoms with Crippen molar-refractivity contribution in [2.75, 3.05) is 14.2 Å². The summed E-state index contributed by atoms with van der Waals surface area (Å²) in [5.41, 5.74) is 3.68. The smallest absolute Gasteiger partial charge is 0.281 e. The number of sulfonamides is 1. The number of hydrogen-bond acceptors (Lipinski definition) is 8. The van der Waals surface area contributed by atoms with E-state index in [0.717, 1.165) is 16.7 Å². The SMILES string of the molecule is COc1ccc(OC)c(-c2ccc(C(=O)NS(=O)(=O)c3ccccn3)c(Oc3c(C)cc(C)cc3C)n2)c1. The van der Waals surface area contributed by atoms with E-state index in [1.54, 1.807) is 37.4 Å². The zero-order valence-electron chi connectivity index (χ0n) is 21.6. The van der Waals surface area contributed by atoms with Gasteiger partial charge in [-0.1, -0.05) is 23.8 Å². The lowest BCUT2D eigenvalue weighted by Gasteiger charge is -2.17. The topological polar surface area (TPSA) is 117 Å². The molecule has 38 heavy (non-hydrogen) atoms. The number of carbonyl (C=O) groups is 1. The number of nitrogens with zero attached hydrogens (tertiary/aromatic N) is 2. The summed E-state index contributed by atoms with van der Waals surface area (Å²) < 4.78 is 44.7. The Morgan fingerprint density at radius 3 is 2.26 bits per heavy atom. The molecule has 0 bridgehead atoms. The van der Waals surface area contributed by atoms with E-state index in [1.807, 2.05) is 32.9 Å². The quantitative estimate of drug-likeness (QED) is 0.336. The lowest BCUT2D eigenvalue weighted by Crippen LogP contribution is -2.31. The average Bonchev–Trinajstić information content (AvgIpc) is 2.90. The van der Waals surface area contributed by atoms with Crippen molar-refractivity contribution in [1.82, 2.24) is 14.7 Å². The van der Waals surface area contributed by atoms with Crippen LogP contribution >= 0.6 is 0 Å². The van der Waals surface area contributed by atoms with Gasteiger partial charge in [0.2, 0.25) is 5.88 Å². The molecule has 10 heteroatoms. The van der Waals surface area contributed by atoms with Crippen molar-refractivity contribution in [3.05, 3.63) is 89.1 Å². The fourth-order valence-corrected chi connectivity index (χ4v) is 4.93. The molecular formula is C28H27N3O6S. The molecule has 0 saturated carbocycles. The van der Waals surface area contributed by atoms with E-state index in [2.05, 4.69) is 14.7 Å². The van der Waals surface area contributed by atoms with Crippen LogP contribution in [0.25, 0.3) is 11.3 Å². The van der Waals surface area contributed by atoms with Crippen LogP contribution in [-0.4, -0.2) is 38.5 Å². The monoisotopic (exact) mass is 533 g/mol. The Morgan fingerprint density at radius 2 is 1.63 bits per heavy atom. The molecular weight excluding hydrogens is 506 g/mol. The maximum absolute atomic E-state index is 13.3. The van der Waals surface area contributed by atoms with Crippen molar-refractivity contribution in [1.29, 1.82) is 0 Å². The van der Waals surface area contributed by atoms with Gasteiger partial charge in [-0.2, -0.15) is 8.42 Å². The molecule has 2 aromatic heterocycles. The summed E-state index contributed by atoms with van der Waals surface area (Å²) in [5.74, 6) is 0.640. The highest BCUT2D eigenvalue weighted by Crippen LogP contribution is 2.36. The number of aryl methyl sites for hydroxylation is 3. The lowest BCUT2D eigenvalue weighted by atomic mass is 10.1. The van der Waals surface area contributed by atoms with Crippen molar-refractivity contribution in [3.63, 3.8) is 0 Å². The summed E-state index contributed by atoms with van der Waals surface area (Å²) in [6.07, 6.45) is 1.33. The van der Waals surface area contributed by atoms with Crippen molar-refractivity contribution >= 4 is 15.9 Å². The largest absolute Gasteiger partial charge is 0.497 e. The third-order valence-electron chi connectivity index (χ3n) is 5.73. The van der Waals surface area contributed by atoms with Gasteiger partial charge in [0, 0.05) is 11.8 Å². The van der Waals surface area contributed by atoms with Crippen molar-refractivity contribution in [3.8, 4) is 34.4 Å². The highest BCUT2D eigenvalue weighted by molar-refractivity contribution is 7.90. The number of amides is 1. The number of pyridine rings is 2. The molecule has 196 valence electrons. The Hall–Kier alpha value is -4.44. The molecule has 2 heterocycles. The number of methoxy groups -OCH3 is 2. The van der Waals surface area contributed by atoms with Gasteiger partial charge in [-0.3, -0.25) is 4.79 Å². The number of rotatable bonds is 8. The molecule has 0 fully saturated rings. The number of nitrogens with one attached hydrogen (secondary N) is 1. The van der Waals surface area contributed by atoms with Gasteiger partial charge in [-0.25, -0.2) is 14.7 Å². The van der Waals surface area contributed by atoms with Crippen LogP contribution in [0.2, 0.25) is 0 Å². The molecule has 0 aliphatic carbocycles. The fourth-order valence-electron chi connectivity index (χ4n) is 4.02. The molecule has 2 aromatic carbocycles. The van der Waals surface area contributed by atoms with Crippen LogP contribution in [0, 0.1) is 20.8 Å². The van der Waals surface area contributed by atoms with E-state index in [0.29, 0.717) is 28.5 Å². The molecule has 0 saturated heterocycles. The molecule has 4 aromatic rings. The van der Waals surface area contributed by atoms with E-state index in [1.165, 1.54) is 31.5 Å². The van der Waals surface area contributed by atoms with Gasteiger partial charge in [0.1, 0.15) is 22.8 Å². The van der Waals surface area contributed by atoms with Gasteiger partial charge in [-0.05, 0) is 74.4 Å². The van der Waals surface area contributed by atoms with Gasteiger partial charge in [0.25, 0.3) is 15.9 Å². The molecule has 0 spiro atoms. The second-order valence-corrected chi connectivity index (χ2v) is 10.2. The van der Waals surface area contributed by atoms with Crippen LogP contribution in [0.15, 0.2) is 71.9 Å². The second-order valence-electron chi connectivity index (χ2n) is 8.55. The Labute approximate surface area is 221 Å².